The highest BCUT2D eigenvalue weighted by Crippen LogP contribution is 2.24. The second kappa shape index (κ2) is 8.77. The Kier molecular flexibility index (Phi) is 8.25. The fourth-order valence-electron chi connectivity index (χ4n) is 1.23. The summed E-state index contributed by atoms with van der Waals surface area (Å²) in [6.45, 7) is 5.43. The number of hydrogen-bond acceptors (Lipinski definition) is 6. The van der Waals surface area contributed by atoms with E-state index in [-0.39, 0.29) is 10.9 Å². The van der Waals surface area contributed by atoms with Crippen molar-refractivity contribution in [2.45, 2.75) is 36.8 Å². The average Bonchev–Trinajstić information content (AvgIpc) is 2.34. The molecule has 0 saturated carbocycles. The van der Waals surface area contributed by atoms with Crippen LogP contribution in [-0.2, 0) is 25.7 Å². The minimum Gasteiger partial charge on any atom is -0.741 e. The smallest absolute Gasteiger partial charge is 0.514 e. The summed E-state index contributed by atoms with van der Waals surface area (Å²) >= 11 is 0. The highest BCUT2D eigenvalue weighted by molar-refractivity contribution is 7.95. The first kappa shape index (κ1) is 23.5. The molecular weight excluding hydrogens is 385 g/mol. The Labute approximate surface area is 147 Å². The van der Waals surface area contributed by atoms with E-state index in [9.17, 15) is 18.0 Å². The molecule has 0 aliphatic heterocycles. The largest absolute Gasteiger partial charge is 0.741 e. The average molecular weight is 404 g/mol. The zero-order valence-corrected chi connectivity index (χ0v) is 15.8. The van der Waals surface area contributed by atoms with Crippen molar-refractivity contribution in [1.29, 1.82) is 0 Å². The molecule has 6 nitrogen and oxygen atoms in total. The number of carbonyl (C=O) groups is 1. The first-order valence-electron chi connectivity index (χ1n) is 6.64. The van der Waals surface area contributed by atoms with Gasteiger partial charge in [0.2, 0.25) is 0 Å². The molecule has 0 unspecified atom stereocenters. The number of alkyl halides is 3. The van der Waals surface area contributed by atoms with Gasteiger partial charge in [-0.1, -0.05) is 12.1 Å². The summed E-state index contributed by atoms with van der Waals surface area (Å²) in [7, 11) is -6.05. The summed E-state index contributed by atoms with van der Waals surface area (Å²) in [5.74, 6) is 0.579. The fraction of sp³-hybridized carbons (Fsp3) is 0.500. The molecule has 0 atom stereocenters. The van der Waals surface area contributed by atoms with Gasteiger partial charge in [0.1, 0.15) is 18.1 Å². The molecule has 0 spiro atoms. The van der Waals surface area contributed by atoms with E-state index >= 15 is 0 Å². The number of para-hydroxylation sites is 1. The number of hydrogen-bond donors (Lipinski definition) is 0. The Balaban J connectivity index is 0.000000609. The highest BCUT2D eigenvalue weighted by Gasteiger charge is 2.36. The minimum absolute atomic E-state index is 0.0372. The molecule has 11 heteroatoms. The van der Waals surface area contributed by atoms with Crippen molar-refractivity contribution >= 4 is 27.2 Å². The topological polar surface area (TPSA) is 92.7 Å². The van der Waals surface area contributed by atoms with Crippen LogP contribution < -0.4 is 4.74 Å². The van der Waals surface area contributed by atoms with E-state index in [0.29, 0.717) is 5.75 Å². The van der Waals surface area contributed by atoms with E-state index in [0.717, 1.165) is 4.90 Å². The second-order valence-corrected chi connectivity index (χ2v) is 9.17. The van der Waals surface area contributed by atoms with Crippen LogP contribution in [-0.4, -0.2) is 42.7 Å². The summed E-state index contributed by atoms with van der Waals surface area (Å²) in [4.78, 5) is 12.6. The van der Waals surface area contributed by atoms with Crippen molar-refractivity contribution in [2.75, 3.05) is 12.5 Å². The molecular formula is C14H19F3O6S2. The van der Waals surface area contributed by atoms with Gasteiger partial charge in [-0.15, -0.1) is 0 Å². The Morgan fingerprint density at radius 2 is 1.56 bits per heavy atom. The summed E-state index contributed by atoms with van der Waals surface area (Å²) < 4.78 is 69.2. The van der Waals surface area contributed by atoms with Crippen LogP contribution in [0.15, 0.2) is 29.2 Å². The lowest BCUT2D eigenvalue weighted by molar-refractivity contribution is -0.0518. The van der Waals surface area contributed by atoms with Gasteiger partial charge in [-0.05, 0) is 32.9 Å². The predicted octanol–water partition coefficient (Wildman–Crippen LogP) is 3.29. The van der Waals surface area contributed by atoms with Crippen LogP contribution >= 0.6 is 0 Å². The van der Waals surface area contributed by atoms with Crippen molar-refractivity contribution in [3.05, 3.63) is 24.3 Å². The van der Waals surface area contributed by atoms with Gasteiger partial charge in [-0.2, -0.15) is 13.2 Å². The molecule has 1 aromatic rings. The highest BCUT2D eigenvalue weighted by atomic mass is 32.2. The van der Waals surface area contributed by atoms with Gasteiger partial charge in [-0.3, -0.25) is 0 Å². The van der Waals surface area contributed by atoms with Crippen LogP contribution in [0.1, 0.15) is 20.8 Å². The van der Waals surface area contributed by atoms with Crippen LogP contribution in [0.5, 0.6) is 5.75 Å². The molecule has 0 aliphatic carbocycles. The van der Waals surface area contributed by atoms with Crippen LogP contribution in [0.2, 0.25) is 0 Å². The van der Waals surface area contributed by atoms with Crippen molar-refractivity contribution in [1.82, 2.24) is 0 Å². The van der Waals surface area contributed by atoms with Crippen LogP contribution in [0.3, 0.4) is 0 Å². The lowest BCUT2D eigenvalue weighted by atomic mass is 10.2. The zero-order chi connectivity index (χ0) is 20.1. The normalized spacial score (nSPS) is 12.2. The first-order valence-corrected chi connectivity index (χ1v) is 10.1. The zero-order valence-electron chi connectivity index (χ0n) is 14.2. The fourth-order valence-corrected chi connectivity index (χ4v) is 2.10. The summed E-state index contributed by atoms with van der Waals surface area (Å²) in [5, 5.41) is 0. The van der Waals surface area contributed by atoms with Crippen molar-refractivity contribution in [2.24, 2.45) is 0 Å². The Bertz CT molecular complexity index is 679. The van der Waals surface area contributed by atoms with Gasteiger partial charge < -0.3 is 14.0 Å². The van der Waals surface area contributed by atoms with Crippen LogP contribution in [0.4, 0.5) is 18.0 Å². The van der Waals surface area contributed by atoms with E-state index in [1.165, 1.54) is 0 Å². The molecule has 0 amide bonds. The third-order valence-electron chi connectivity index (χ3n) is 2.16. The Morgan fingerprint density at radius 3 is 1.92 bits per heavy atom. The number of benzene rings is 1. The van der Waals surface area contributed by atoms with Crippen LogP contribution in [0.25, 0.3) is 0 Å². The maximum absolute atomic E-state index is 11.6. The number of ether oxygens (including phenoxy) is 2. The van der Waals surface area contributed by atoms with Crippen molar-refractivity contribution < 1.29 is 40.4 Å². The van der Waals surface area contributed by atoms with Gasteiger partial charge in [0.15, 0.2) is 20.8 Å². The maximum Gasteiger partial charge on any atom is 0.514 e. The molecule has 0 heterocycles. The number of halogens is 3. The lowest BCUT2D eigenvalue weighted by Gasteiger charge is -2.18. The summed E-state index contributed by atoms with van der Waals surface area (Å²) in [5.41, 5.74) is -6.18. The molecule has 144 valence electrons. The molecule has 25 heavy (non-hydrogen) atoms. The molecule has 0 saturated heterocycles. The van der Waals surface area contributed by atoms with Gasteiger partial charge in [0.25, 0.3) is 0 Å². The monoisotopic (exact) mass is 404 g/mol. The summed E-state index contributed by atoms with van der Waals surface area (Å²) in [6, 6.07) is 7.52. The number of carbonyl (C=O) groups excluding carboxylic acids is 1. The molecule has 1 rings (SSSR count). The van der Waals surface area contributed by atoms with Gasteiger partial charge in [-0.25, -0.2) is 13.2 Å². The van der Waals surface area contributed by atoms with Gasteiger partial charge >= 0.3 is 11.7 Å². The second-order valence-electron chi connectivity index (χ2n) is 5.73. The van der Waals surface area contributed by atoms with E-state index in [2.05, 4.69) is 12.5 Å². The standard InChI is InChI=1S/C13H19O3S.CHF3O3S/c1-13(2,3)16-12(14)15-10-8-6-7-9-11(10)17(4)5;2-1(3,4)8(5,6)7/h6-9H,1-5H3;(H,5,6,7)/q+1;/p-1. The third kappa shape index (κ3) is 9.56. The van der Waals surface area contributed by atoms with Crippen molar-refractivity contribution in [3.63, 3.8) is 0 Å². The van der Waals surface area contributed by atoms with Gasteiger partial charge in [0.05, 0.1) is 0 Å². The van der Waals surface area contributed by atoms with Crippen molar-refractivity contribution in [3.8, 4) is 5.75 Å². The van der Waals surface area contributed by atoms with E-state index in [1.807, 2.05) is 39.0 Å². The first-order chi connectivity index (χ1) is 11.0. The van der Waals surface area contributed by atoms with Crippen LogP contribution in [0, 0.1) is 0 Å². The molecule has 0 aromatic heterocycles. The molecule has 0 aliphatic rings. The van der Waals surface area contributed by atoms with Gasteiger partial charge in [0, 0.05) is 10.9 Å². The molecule has 0 fully saturated rings. The minimum atomic E-state index is -6.09. The Morgan fingerprint density at radius 1 is 1.12 bits per heavy atom. The molecule has 0 N–H and O–H groups in total. The SMILES string of the molecule is C[S+](C)c1ccccc1OC(=O)OC(C)(C)C.O=S(=O)([O-])C(F)(F)F. The maximum atomic E-state index is 11.6. The molecule has 1 aromatic carbocycles. The summed E-state index contributed by atoms with van der Waals surface area (Å²) in [6.07, 6.45) is 3.50. The third-order valence-corrected chi connectivity index (χ3v) is 3.94. The number of rotatable bonds is 2. The quantitative estimate of drug-likeness (QED) is 0.247. The Hall–Kier alpha value is -1.46. The van der Waals surface area contributed by atoms with E-state index in [4.69, 9.17) is 22.4 Å². The van der Waals surface area contributed by atoms with E-state index in [1.54, 1.807) is 6.07 Å². The lowest BCUT2D eigenvalue weighted by Crippen LogP contribution is -2.26. The predicted molar refractivity (Wildman–Crippen MR) is 86.5 cm³/mol. The molecule has 0 bridgehead atoms. The molecule has 0 radical (unpaired) electrons. The van der Waals surface area contributed by atoms with E-state index < -0.39 is 27.4 Å².